The van der Waals surface area contributed by atoms with E-state index in [0.717, 1.165) is 0 Å². The van der Waals surface area contributed by atoms with Crippen molar-refractivity contribution < 1.29 is 14.6 Å². The summed E-state index contributed by atoms with van der Waals surface area (Å²) < 4.78 is 4.83. The van der Waals surface area contributed by atoms with Gasteiger partial charge < -0.3 is 9.84 Å². The number of benzene rings is 1. The highest BCUT2D eigenvalue weighted by atomic mass is 16.5. The maximum Gasteiger partial charge on any atom is 0.339 e. The normalized spacial score (nSPS) is 9.42. The predicted octanol–water partition coefficient (Wildman–Crippen LogP) is 0.187. The van der Waals surface area contributed by atoms with Gasteiger partial charge in [0.1, 0.15) is 19.2 Å². The van der Waals surface area contributed by atoms with E-state index in [2.05, 4.69) is 0 Å². The fourth-order valence-corrected chi connectivity index (χ4v) is 0.884. The van der Waals surface area contributed by atoms with Crippen LogP contribution < -0.4 is 10.2 Å². The molecule has 0 spiro atoms. The second kappa shape index (κ2) is 3.30. The van der Waals surface area contributed by atoms with E-state index >= 15 is 0 Å². The fourth-order valence-electron chi connectivity index (χ4n) is 0.884. The van der Waals surface area contributed by atoms with Crippen LogP contribution in [0.2, 0.25) is 0 Å². The van der Waals surface area contributed by atoms with Crippen molar-refractivity contribution in [2.75, 3.05) is 7.11 Å². The Morgan fingerprint density at radius 3 is 2.75 bits per heavy atom. The molecule has 0 aliphatic rings. The van der Waals surface area contributed by atoms with Gasteiger partial charge in [-0.15, -0.1) is 0 Å². The Morgan fingerprint density at radius 2 is 2.25 bits per heavy atom. The molecule has 3 nitrogen and oxygen atoms in total. The van der Waals surface area contributed by atoms with Crippen molar-refractivity contribution in [3.8, 4) is 5.75 Å². The summed E-state index contributed by atoms with van der Waals surface area (Å²) in [5.74, 6) is -0.741. The molecular formula is C8H7BO3. The van der Waals surface area contributed by atoms with Crippen molar-refractivity contribution in [2.45, 2.75) is 0 Å². The second-order valence-corrected chi connectivity index (χ2v) is 2.26. The molecule has 1 N–H and O–H groups in total. The zero-order valence-corrected chi connectivity index (χ0v) is 6.57. The molecule has 0 aliphatic heterocycles. The summed E-state index contributed by atoms with van der Waals surface area (Å²) in [5.41, 5.74) is 0.601. The lowest BCUT2D eigenvalue weighted by molar-refractivity contribution is 0.0693. The van der Waals surface area contributed by atoms with E-state index in [4.69, 9.17) is 17.7 Å². The van der Waals surface area contributed by atoms with Crippen LogP contribution in [0.3, 0.4) is 0 Å². The zero-order chi connectivity index (χ0) is 9.14. The third kappa shape index (κ3) is 1.58. The van der Waals surface area contributed by atoms with Crippen molar-refractivity contribution in [2.24, 2.45) is 0 Å². The summed E-state index contributed by atoms with van der Waals surface area (Å²) in [6, 6.07) is 4.41. The average molecular weight is 162 g/mol. The van der Waals surface area contributed by atoms with Crippen LogP contribution in [0.25, 0.3) is 0 Å². The van der Waals surface area contributed by atoms with Gasteiger partial charge in [0.25, 0.3) is 0 Å². The van der Waals surface area contributed by atoms with Gasteiger partial charge in [0, 0.05) is 0 Å². The standard InChI is InChI=1S/C8H7BO3/c1-12-7-4-5(9)2-3-6(7)8(10)11/h2-4H,1H3,(H,10,11). The zero-order valence-electron chi connectivity index (χ0n) is 6.57. The van der Waals surface area contributed by atoms with Crippen LogP contribution >= 0.6 is 0 Å². The molecule has 0 aromatic heterocycles. The van der Waals surface area contributed by atoms with Crippen molar-refractivity contribution in [3.63, 3.8) is 0 Å². The topological polar surface area (TPSA) is 46.5 Å². The summed E-state index contributed by atoms with van der Waals surface area (Å²) >= 11 is 0. The number of hydrogen-bond acceptors (Lipinski definition) is 2. The van der Waals surface area contributed by atoms with Crippen molar-refractivity contribution in [3.05, 3.63) is 23.8 Å². The average Bonchev–Trinajstić information content (AvgIpc) is 2.03. The monoisotopic (exact) mass is 162 g/mol. The lowest BCUT2D eigenvalue weighted by Crippen LogP contribution is -2.07. The first-order valence-corrected chi connectivity index (χ1v) is 3.32. The maximum absolute atomic E-state index is 10.6. The SMILES string of the molecule is [B]c1ccc(C(=O)O)c(OC)c1. The van der Waals surface area contributed by atoms with Crippen molar-refractivity contribution in [1.82, 2.24) is 0 Å². The van der Waals surface area contributed by atoms with Crippen LogP contribution in [0, 0.1) is 0 Å². The highest BCUT2D eigenvalue weighted by molar-refractivity contribution is 6.32. The molecule has 0 fully saturated rings. The predicted molar refractivity (Wildman–Crippen MR) is 45.3 cm³/mol. The molecule has 1 aromatic carbocycles. The first kappa shape index (κ1) is 8.65. The highest BCUT2D eigenvalue weighted by Gasteiger charge is 2.09. The minimum atomic E-state index is -1.02. The maximum atomic E-state index is 10.6. The van der Waals surface area contributed by atoms with Gasteiger partial charge in [-0.2, -0.15) is 0 Å². The van der Waals surface area contributed by atoms with Gasteiger partial charge in [-0.3, -0.25) is 0 Å². The fraction of sp³-hybridized carbons (Fsp3) is 0.125. The van der Waals surface area contributed by atoms with Crippen LogP contribution in [0.5, 0.6) is 5.75 Å². The minimum absolute atomic E-state index is 0.117. The van der Waals surface area contributed by atoms with Gasteiger partial charge in [-0.1, -0.05) is 11.5 Å². The first-order valence-electron chi connectivity index (χ1n) is 3.32. The summed E-state index contributed by atoms with van der Waals surface area (Å²) in [7, 11) is 6.83. The quantitative estimate of drug-likeness (QED) is 0.631. The molecule has 0 aliphatic carbocycles. The van der Waals surface area contributed by atoms with Gasteiger partial charge in [0.05, 0.1) is 7.11 Å². The summed E-state index contributed by atoms with van der Waals surface area (Å²) in [6.07, 6.45) is 0. The molecule has 0 saturated carbocycles. The van der Waals surface area contributed by atoms with Crippen LogP contribution in [-0.4, -0.2) is 26.0 Å². The lowest BCUT2D eigenvalue weighted by Gasteiger charge is -2.04. The van der Waals surface area contributed by atoms with Crippen molar-refractivity contribution in [1.29, 1.82) is 0 Å². The molecule has 0 bridgehead atoms. The molecule has 0 heterocycles. The number of ether oxygens (including phenoxy) is 1. The Balaban J connectivity index is 3.20. The smallest absolute Gasteiger partial charge is 0.339 e. The molecule has 1 aromatic rings. The number of carboxylic acids is 1. The van der Waals surface area contributed by atoms with Crippen molar-refractivity contribution >= 4 is 19.3 Å². The molecule has 2 radical (unpaired) electrons. The third-order valence-electron chi connectivity index (χ3n) is 1.46. The molecule has 4 heteroatoms. The summed E-state index contributed by atoms with van der Waals surface area (Å²) in [4.78, 5) is 10.6. The van der Waals surface area contributed by atoms with E-state index in [9.17, 15) is 4.79 Å². The van der Waals surface area contributed by atoms with Crippen LogP contribution in [0.1, 0.15) is 10.4 Å². The van der Waals surface area contributed by atoms with E-state index in [1.165, 1.54) is 25.3 Å². The van der Waals surface area contributed by atoms with Gasteiger partial charge in [0.2, 0.25) is 0 Å². The number of carboxylic acid groups (broad SMARTS) is 1. The van der Waals surface area contributed by atoms with E-state index in [1.807, 2.05) is 0 Å². The van der Waals surface area contributed by atoms with Crippen LogP contribution in [-0.2, 0) is 0 Å². The molecule has 60 valence electrons. The van der Waals surface area contributed by atoms with Crippen LogP contribution in [0.15, 0.2) is 18.2 Å². The molecule has 1 rings (SSSR count). The highest BCUT2D eigenvalue weighted by Crippen LogP contribution is 2.15. The Bertz CT molecular complexity index is 309. The Morgan fingerprint density at radius 1 is 1.58 bits per heavy atom. The number of aromatic carboxylic acids is 1. The molecular weight excluding hydrogens is 155 g/mol. The minimum Gasteiger partial charge on any atom is -0.496 e. The van der Waals surface area contributed by atoms with E-state index in [0.29, 0.717) is 5.46 Å². The van der Waals surface area contributed by atoms with E-state index < -0.39 is 5.97 Å². The molecule has 0 atom stereocenters. The van der Waals surface area contributed by atoms with Gasteiger partial charge >= 0.3 is 5.97 Å². The molecule has 0 unspecified atom stereocenters. The van der Waals surface area contributed by atoms with E-state index in [1.54, 1.807) is 0 Å². The van der Waals surface area contributed by atoms with Crippen LogP contribution in [0.4, 0.5) is 0 Å². The summed E-state index contributed by atoms with van der Waals surface area (Å²) in [5, 5.41) is 8.67. The van der Waals surface area contributed by atoms with E-state index in [-0.39, 0.29) is 11.3 Å². The second-order valence-electron chi connectivity index (χ2n) is 2.26. The molecule has 12 heavy (non-hydrogen) atoms. The molecule has 0 saturated heterocycles. The summed E-state index contributed by atoms with van der Waals surface area (Å²) in [6.45, 7) is 0. The van der Waals surface area contributed by atoms with Gasteiger partial charge in [0.15, 0.2) is 0 Å². The Labute approximate surface area is 71.4 Å². The number of carbonyl (C=O) groups is 1. The lowest BCUT2D eigenvalue weighted by atomic mass is 9.95. The number of hydrogen-bond donors (Lipinski definition) is 1. The number of rotatable bonds is 2. The largest absolute Gasteiger partial charge is 0.496 e. The third-order valence-corrected chi connectivity index (χ3v) is 1.46. The Kier molecular flexibility index (Phi) is 2.38. The Hall–Kier alpha value is -1.45. The van der Waals surface area contributed by atoms with Gasteiger partial charge in [-0.25, -0.2) is 4.79 Å². The van der Waals surface area contributed by atoms with Gasteiger partial charge in [-0.05, 0) is 12.1 Å². The number of methoxy groups -OCH3 is 1. The molecule has 0 amide bonds. The first-order chi connectivity index (χ1) is 5.65.